The SMILES string of the molecule is CCOC(=O)c1c(CN(CC)CC)n(-c2ccccc2)c2cc(Br)c(OC)cc12. The van der Waals surface area contributed by atoms with Crippen LogP contribution in [0.25, 0.3) is 16.6 Å². The van der Waals surface area contributed by atoms with Gasteiger partial charge in [-0.2, -0.15) is 0 Å². The topological polar surface area (TPSA) is 43.7 Å². The van der Waals surface area contributed by atoms with Crippen LogP contribution in [-0.2, 0) is 11.3 Å². The minimum Gasteiger partial charge on any atom is -0.496 e. The van der Waals surface area contributed by atoms with Crippen molar-refractivity contribution in [1.82, 2.24) is 9.47 Å². The van der Waals surface area contributed by atoms with Crippen molar-refractivity contribution in [3.63, 3.8) is 0 Å². The van der Waals surface area contributed by atoms with Crippen molar-refractivity contribution in [3.05, 3.63) is 58.2 Å². The molecule has 3 aromatic rings. The van der Waals surface area contributed by atoms with Gasteiger partial charge in [0.1, 0.15) is 5.75 Å². The van der Waals surface area contributed by atoms with E-state index in [4.69, 9.17) is 9.47 Å². The van der Waals surface area contributed by atoms with Crippen LogP contribution in [0.1, 0.15) is 36.8 Å². The molecule has 0 aliphatic heterocycles. The molecule has 0 aliphatic rings. The Balaban J connectivity index is 2.40. The Morgan fingerprint density at radius 2 is 1.79 bits per heavy atom. The van der Waals surface area contributed by atoms with E-state index in [0.717, 1.165) is 39.8 Å². The molecule has 0 aliphatic carbocycles. The summed E-state index contributed by atoms with van der Waals surface area (Å²) >= 11 is 3.60. The minimum absolute atomic E-state index is 0.307. The zero-order chi connectivity index (χ0) is 21.0. The first-order chi connectivity index (χ1) is 14.0. The smallest absolute Gasteiger partial charge is 0.340 e. The maximum absolute atomic E-state index is 13.1. The van der Waals surface area contributed by atoms with Crippen LogP contribution in [0.4, 0.5) is 0 Å². The lowest BCUT2D eigenvalue weighted by Crippen LogP contribution is -2.25. The lowest BCUT2D eigenvalue weighted by atomic mass is 10.1. The predicted octanol–water partition coefficient (Wildman–Crippen LogP) is 5.42. The quantitative estimate of drug-likeness (QED) is 0.422. The van der Waals surface area contributed by atoms with Crippen LogP contribution in [0.2, 0.25) is 0 Å². The number of fused-ring (bicyclic) bond motifs is 1. The van der Waals surface area contributed by atoms with E-state index in [-0.39, 0.29) is 5.97 Å². The second kappa shape index (κ2) is 9.46. The molecule has 0 saturated heterocycles. The maximum Gasteiger partial charge on any atom is 0.340 e. The third-order valence-electron chi connectivity index (χ3n) is 5.10. The standard InChI is InChI=1S/C23H27BrN2O3/c1-5-25(6-2)15-20-22(23(27)29-7-3)17-13-21(28-4)18(24)14-19(17)26(20)16-11-9-8-10-12-16/h8-14H,5-7,15H2,1-4H3. The summed E-state index contributed by atoms with van der Waals surface area (Å²) in [5.74, 6) is 0.376. The molecule has 3 rings (SSSR count). The minimum atomic E-state index is -0.307. The number of carbonyl (C=O) groups excluding carboxylic acids is 1. The number of nitrogens with zero attached hydrogens (tertiary/aromatic N) is 2. The number of esters is 1. The number of aromatic nitrogens is 1. The summed E-state index contributed by atoms with van der Waals surface area (Å²) in [4.78, 5) is 15.4. The molecule has 6 heteroatoms. The first kappa shape index (κ1) is 21.4. The number of methoxy groups -OCH3 is 1. The van der Waals surface area contributed by atoms with Crippen molar-refractivity contribution in [3.8, 4) is 11.4 Å². The summed E-state index contributed by atoms with van der Waals surface area (Å²) in [6, 6.07) is 14.0. The van der Waals surface area contributed by atoms with E-state index in [9.17, 15) is 4.79 Å². The molecule has 0 amide bonds. The molecular weight excluding hydrogens is 432 g/mol. The molecule has 0 spiro atoms. The summed E-state index contributed by atoms with van der Waals surface area (Å²) in [5.41, 5.74) is 3.47. The van der Waals surface area contributed by atoms with Crippen LogP contribution < -0.4 is 4.74 Å². The average Bonchev–Trinajstić information content (AvgIpc) is 3.04. The van der Waals surface area contributed by atoms with E-state index >= 15 is 0 Å². The Hall–Kier alpha value is -2.31. The molecule has 0 saturated carbocycles. The third-order valence-corrected chi connectivity index (χ3v) is 5.72. The Morgan fingerprint density at radius 3 is 2.38 bits per heavy atom. The summed E-state index contributed by atoms with van der Waals surface area (Å²) < 4.78 is 14.0. The first-order valence-corrected chi connectivity index (χ1v) is 10.7. The van der Waals surface area contributed by atoms with E-state index in [1.54, 1.807) is 7.11 Å². The van der Waals surface area contributed by atoms with Gasteiger partial charge >= 0.3 is 5.97 Å². The number of carbonyl (C=O) groups is 1. The fourth-order valence-electron chi connectivity index (χ4n) is 3.61. The van der Waals surface area contributed by atoms with Gasteiger partial charge in [0.2, 0.25) is 0 Å². The van der Waals surface area contributed by atoms with E-state index in [2.05, 4.69) is 51.4 Å². The number of halogens is 1. The fourth-order valence-corrected chi connectivity index (χ4v) is 4.10. The normalized spacial score (nSPS) is 11.2. The monoisotopic (exact) mass is 458 g/mol. The highest BCUT2D eigenvalue weighted by atomic mass is 79.9. The largest absolute Gasteiger partial charge is 0.496 e. The van der Waals surface area contributed by atoms with Crippen LogP contribution in [0.15, 0.2) is 46.9 Å². The lowest BCUT2D eigenvalue weighted by Gasteiger charge is -2.21. The van der Waals surface area contributed by atoms with Gasteiger partial charge in [-0.15, -0.1) is 0 Å². The molecule has 0 bridgehead atoms. The summed E-state index contributed by atoms with van der Waals surface area (Å²) in [6.07, 6.45) is 0. The van der Waals surface area contributed by atoms with E-state index in [1.165, 1.54) is 0 Å². The Morgan fingerprint density at radius 1 is 1.10 bits per heavy atom. The number of hydrogen-bond donors (Lipinski definition) is 0. The molecule has 2 aromatic carbocycles. The molecule has 0 atom stereocenters. The van der Waals surface area contributed by atoms with Crippen molar-refractivity contribution >= 4 is 32.8 Å². The van der Waals surface area contributed by atoms with Gasteiger partial charge in [-0.25, -0.2) is 4.79 Å². The van der Waals surface area contributed by atoms with Gasteiger partial charge in [-0.05, 0) is 60.2 Å². The number of rotatable bonds is 8. The molecule has 154 valence electrons. The summed E-state index contributed by atoms with van der Waals surface area (Å²) in [5, 5.41) is 0.828. The zero-order valence-corrected chi connectivity index (χ0v) is 19.0. The number of ether oxygens (including phenoxy) is 2. The van der Waals surface area contributed by atoms with Crippen LogP contribution in [0, 0.1) is 0 Å². The van der Waals surface area contributed by atoms with Gasteiger partial charge in [0.15, 0.2) is 0 Å². The Bertz CT molecular complexity index is 995. The maximum atomic E-state index is 13.1. The molecule has 1 aromatic heterocycles. The van der Waals surface area contributed by atoms with Crippen LogP contribution >= 0.6 is 15.9 Å². The van der Waals surface area contributed by atoms with Crippen LogP contribution in [-0.4, -0.2) is 42.2 Å². The molecular formula is C23H27BrN2O3. The molecule has 0 radical (unpaired) electrons. The summed E-state index contributed by atoms with van der Waals surface area (Å²) in [7, 11) is 1.63. The molecule has 5 nitrogen and oxygen atoms in total. The van der Waals surface area contributed by atoms with Gasteiger partial charge in [-0.1, -0.05) is 32.0 Å². The second-order valence-corrected chi connectivity index (χ2v) is 7.53. The van der Waals surface area contributed by atoms with Crippen LogP contribution in [0.3, 0.4) is 0 Å². The molecule has 0 unspecified atom stereocenters. The summed E-state index contributed by atoms with van der Waals surface area (Å²) in [6.45, 7) is 8.84. The third kappa shape index (κ3) is 4.19. The Kier molecular flexibility index (Phi) is 6.98. The van der Waals surface area contributed by atoms with Crippen molar-refractivity contribution in [2.75, 3.05) is 26.8 Å². The molecule has 1 heterocycles. The van der Waals surface area contributed by atoms with E-state index in [0.29, 0.717) is 24.5 Å². The predicted molar refractivity (Wildman–Crippen MR) is 120 cm³/mol. The fraction of sp³-hybridized carbons (Fsp3) is 0.348. The van der Waals surface area contributed by atoms with E-state index in [1.807, 2.05) is 37.3 Å². The van der Waals surface area contributed by atoms with Gasteiger partial charge in [-0.3, -0.25) is 4.90 Å². The van der Waals surface area contributed by atoms with Crippen molar-refractivity contribution < 1.29 is 14.3 Å². The highest BCUT2D eigenvalue weighted by Gasteiger charge is 2.26. The Labute approximate surface area is 180 Å². The van der Waals surface area contributed by atoms with Gasteiger partial charge in [0, 0.05) is 17.6 Å². The highest BCUT2D eigenvalue weighted by Crippen LogP contribution is 2.37. The highest BCUT2D eigenvalue weighted by molar-refractivity contribution is 9.10. The van der Waals surface area contributed by atoms with E-state index < -0.39 is 0 Å². The molecule has 0 fully saturated rings. The van der Waals surface area contributed by atoms with Crippen molar-refractivity contribution in [2.45, 2.75) is 27.3 Å². The van der Waals surface area contributed by atoms with Crippen LogP contribution in [0.5, 0.6) is 5.75 Å². The lowest BCUT2D eigenvalue weighted by molar-refractivity contribution is 0.0526. The molecule has 0 N–H and O–H groups in total. The van der Waals surface area contributed by atoms with Crippen molar-refractivity contribution in [2.24, 2.45) is 0 Å². The number of para-hydroxylation sites is 1. The van der Waals surface area contributed by atoms with Gasteiger partial charge < -0.3 is 14.0 Å². The first-order valence-electron chi connectivity index (χ1n) is 9.91. The van der Waals surface area contributed by atoms with Gasteiger partial charge in [0.05, 0.1) is 35.0 Å². The zero-order valence-electron chi connectivity index (χ0n) is 17.4. The average molecular weight is 459 g/mol. The second-order valence-electron chi connectivity index (χ2n) is 6.68. The molecule has 29 heavy (non-hydrogen) atoms. The number of hydrogen-bond acceptors (Lipinski definition) is 4. The van der Waals surface area contributed by atoms with Crippen molar-refractivity contribution in [1.29, 1.82) is 0 Å². The number of benzene rings is 2. The van der Waals surface area contributed by atoms with Gasteiger partial charge in [0.25, 0.3) is 0 Å².